The van der Waals surface area contributed by atoms with Gasteiger partial charge in [-0.15, -0.1) is 12.4 Å². The van der Waals surface area contributed by atoms with E-state index in [1.54, 1.807) is 28.6 Å². The molecule has 132 valence electrons. The summed E-state index contributed by atoms with van der Waals surface area (Å²) in [6, 6.07) is 6.83. The van der Waals surface area contributed by atoms with E-state index < -0.39 is 10.0 Å². The lowest BCUT2D eigenvalue weighted by Crippen LogP contribution is -2.46. The fourth-order valence-electron chi connectivity index (χ4n) is 2.82. The molecule has 1 aliphatic rings. The van der Waals surface area contributed by atoms with E-state index in [9.17, 15) is 8.42 Å². The summed E-state index contributed by atoms with van der Waals surface area (Å²) in [6.45, 7) is 6.82. The van der Waals surface area contributed by atoms with Crippen molar-refractivity contribution in [3.8, 4) is 5.75 Å². The van der Waals surface area contributed by atoms with Crippen LogP contribution in [-0.4, -0.2) is 45.0 Å². The highest BCUT2D eigenvalue weighted by Gasteiger charge is 2.31. The number of benzene rings is 1. The van der Waals surface area contributed by atoms with Crippen molar-refractivity contribution in [3.63, 3.8) is 0 Å². The Morgan fingerprint density at radius 1 is 1.17 bits per heavy atom. The van der Waals surface area contributed by atoms with Crippen LogP contribution in [0.25, 0.3) is 0 Å². The minimum absolute atomic E-state index is 0. The molecule has 1 heterocycles. The van der Waals surface area contributed by atoms with Gasteiger partial charge >= 0.3 is 0 Å². The second kappa shape index (κ2) is 9.47. The molecule has 0 unspecified atom stereocenters. The third kappa shape index (κ3) is 5.08. The molecule has 1 saturated heterocycles. The largest absolute Gasteiger partial charge is 0.494 e. The van der Waals surface area contributed by atoms with Crippen LogP contribution in [0.1, 0.15) is 33.1 Å². The highest BCUT2D eigenvalue weighted by molar-refractivity contribution is 7.89. The fourth-order valence-corrected chi connectivity index (χ4v) is 4.60. The van der Waals surface area contributed by atoms with E-state index in [1.165, 1.54) is 0 Å². The predicted octanol–water partition coefficient (Wildman–Crippen LogP) is 2.66. The smallest absolute Gasteiger partial charge is 0.243 e. The first kappa shape index (κ1) is 20.2. The Bertz CT molecular complexity index is 557. The van der Waals surface area contributed by atoms with E-state index in [-0.39, 0.29) is 18.4 Å². The number of hydrogen-bond donors (Lipinski definition) is 1. The Kier molecular flexibility index (Phi) is 8.33. The Morgan fingerprint density at radius 2 is 1.78 bits per heavy atom. The molecule has 1 aromatic rings. The van der Waals surface area contributed by atoms with E-state index in [0.717, 1.165) is 32.4 Å². The minimum atomic E-state index is -3.44. The second-order valence-electron chi connectivity index (χ2n) is 5.50. The predicted molar refractivity (Wildman–Crippen MR) is 94.9 cm³/mol. The van der Waals surface area contributed by atoms with Crippen LogP contribution in [0, 0.1) is 0 Å². The molecule has 1 N–H and O–H groups in total. The summed E-state index contributed by atoms with van der Waals surface area (Å²) in [5, 5.41) is 3.29. The summed E-state index contributed by atoms with van der Waals surface area (Å²) in [4.78, 5) is 0.350. The van der Waals surface area contributed by atoms with Crippen LogP contribution in [0.2, 0.25) is 0 Å². The van der Waals surface area contributed by atoms with Gasteiger partial charge in [0.1, 0.15) is 5.75 Å². The van der Waals surface area contributed by atoms with Crippen molar-refractivity contribution in [1.29, 1.82) is 0 Å². The van der Waals surface area contributed by atoms with Crippen LogP contribution in [-0.2, 0) is 10.0 Å². The zero-order valence-corrected chi connectivity index (χ0v) is 15.5. The third-order valence-electron chi connectivity index (χ3n) is 3.90. The van der Waals surface area contributed by atoms with Crippen molar-refractivity contribution in [2.24, 2.45) is 0 Å². The molecule has 2 rings (SSSR count). The fraction of sp³-hybridized carbons (Fsp3) is 0.625. The monoisotopic (exact) mass is 362 g/mol. The number of rotatable bonds is 7. The number of nitrogens with one attached hydrogen (secondary N) is 1. The Morgan fingerprint density at radius 3 is 2.30 bits per heavy atom. The normalized spacial score (nSPS) is 16.1. The van der Waals surface area contributed by atoms with Crippen LogP contribution in [0.4, 0.5) is 0 Å². The maximum Gasteiger partial charge on any atom is 0.243 e. The van der Waals surface area contributed by atoms with Crippen LogP contribution in [0.3, 0.4) is 0 Å². The third-order valence-corrected chi connectivity index (χ3v) is 5.87. The molecule has 5 nitrogen and oxygen atoms in total. The summed E-state index contributed by atoms with van der Waals surface area (Å²) in [5.74, 6) is 0.699. The summed E-state index contributed by atoms with van der Waals surface area (Å²) in [5.41, 5.74) is 0. The van der Waals surface area contributed by atoms with E-state index in [4.69, 9.17) is 4.74 Å². The average Bonchev–Trinajstić information content (AvgIpc) is 2.54. The molecular formula is C16H27ClN2O3S. The van der Waals surface area contributed by atoms with Gasteiger partial charge in [0.25, 0.3) is 0 Å². The van der Waals surface area contributed by atoms with Gasteiger partial charge in [-0.2, -0.15) is 4.31 Å². The van der Waals surface area contributed by atoms with Crippen molar-refractivity contribution >= 4 is 22.4 Å². The first-order valence-corrected chi connectivity index (χ1v) is 9.49. The summed E-state index contributed by atoms with van der Waals surface area (Å²) in [7, 11) is -3.44. The van der Waals surface area contributed by atoms with Gasteiger partial charge in [0.15, 0.2) is 0 Å². The molecule has 7 heteroatoms. The highest BCUT2D eigenvalue weighted by atomic mass is 35.5. The van der Waals surface area contributed by atoms with Gasteiger partial charge in [0.2, 0.25) is 10.0 Å². The molecule has 1 aromatic carbocycles. The lowest BCUT2D eigenvalue weighted by atomic mass is 10.1. The van der Waals surface area contributed by atoms with Gasteiger partial charge in [-0.1, -0.05) is 6.92 Å². The Balaban J connectivity index is 0.00000264. The topological polar surface area (TPSA) is 58.6 Å². The summed E-state index contributed by atoms with van der Waals surface area (Å²) >= 11 is 0. The van der Waals surface area contributed by atoms with E-state index in [2.05, 4.69) is 5.32 Å². The molecule has 1 aliphatic heterocycles. The molecule has 0 bridgehead atoms. The van der Waals surface area contributed by atoms with Crippen LogP contribution >= 0.6 is 12.4 Å². The zero-order valence-electron chi connectivity index (χ0n) is 13.8. The molecule has 0 atom stereocenters. The number of sulfonamides is 1. The molecule has 0 aliphatic carbocycles. The minimum Gasteiger partial charge on any atom is -0.494 e. The van der Waals surface area contributed by atoms with Crippen molar-refractivity contribution in [1.82, 2.24) is 9.62 Å². The Hall–Kier alpha value is -0.820. The molecule has 0 amide bonds. The van der Waals surface area contributed by atoms with Gasteiger partial charge in [-0.25, -0.2) is 8.42 Å². The molecule has 0 saturated carbocycles. The molecule has 0 radical (unpaired) electrons. The second-order valence-corrected chi connectivity index (χ2v) is 7.39. The number of nitrogens with zero attached hydrogens (tertiary/aromatic N) is 1. The molecular weight excluding hydrogens is 336 g/mol. The highest BCUT2D eigenvalue weighted by Crippen LogP contribution is 2.24. The standard InChI is InChI=1S/C16H26N2O3S.ClH/c1-3-13-18(14-9-11-17-12-10-14)22(19,20)16-7-5-15(6-8-16)21-4-2;/h5-8,14,17H,3-4,9-13H2,1-2H3;1H. The van der Waals surface area contributed by atoms with E-state index >= 15 is 0 Å². The molecule has 1 fully saturated rings. The van der Waals surface area contributed by atoms with E-state index in [0.29, 0.717) is 23.8 Å². The van der Waals surface area contributed by atoms with Crippen LogP contribution in [0.15, 0.2) is 29.2 Å². The van der Waals surface area contributed by atoms with Gasteiger partial charge in [0.05, 0.1) is 11.5 Å². The SMILES string of the molecule is CCCN(C1CCNCC1)S(=O)(=O)c1ccc(OCC)cc1.Cl. The average molecular weight is 363 g/mol. The molecule has 23 heavy (non-hydrogen) atoms. The maximum absolute atomic E-state index is 13.0. The van der Waals surface area contributed by atoms with Gasteiger partial charge in [-0.3, -0.25) is 0 Å². The van der Waals surface area contributed by atoms with Crippen LogP contribution < -0.4 is 10.1 Å². The van der Waals surface area contributed by atoms with Crippen molar-refractivity contribution in [2.45, 2.75) is 44.0 Å². The molecule has 0 aromatic heterocycles. The zero-order chi connectivity index (χ0) is 16.0. The lowest BCUT2D eigenvalue weighted by molar-refractivity contribution is 0.262. The van der Waals surface area contributed by atoms with Crippen molar-refractivity contribution in [2.75, 3.05) is 26.2 Å². The lowest BCUT2D eigenvalue weighted by Gasteiger charge is -2.33. The Labute approximate surface area is 145 Å². The van der Waals surface area contributed by atoms with Crippen LogP contribution in [0.5, 0.6) is 5.75 Å². The number of halogens is 1. The van der Waals surface area contributed by atoms with Gasteiger partial charge < -0.3 is 10.1 Å². The quantitative estimate of drug-likeness (QED) is 0.810. The first-order chi connectivity index (χ1) is 10.6. The molecule has 0 spiro atoms. The number of piperidine rings is 1. The van der Waals surface area contributed by atoms with E-state index in [1.807, 2.05) is 13.8 Å². The summed E-state index contributed by atoms with van der Waals surface area (Å²) in [6.07, 6.45) is 2.56. The summed E-state index contributed by atoms with van der Waals surface area (Å²) < 4.78 is 33.0. The number of ether oxygens (including phenoxy) is 1. The number of hydrogen-bond acceptors (Lipinski definition) is 4. The first-order valence-electron chi connectivity index (χ1n) is 8.05. The van der Waals surface area contributed by atoms with Crippen molar-refractivity contribution < 1.29 is 13.2 Å². The van der Waals surface area contributed by atoms with Gasteiger partial charge in [0, 0.05) is 12.6 Å². The van der Waals surface area contributed by atoms with Gasteiger partial charge in [-0.05, 0) is 63.5 Å². The maximum atomic E-state index is 13.0. The van der Waals surface area contributed by atoms with Crippen molar-refractivity contribution in [3.05, 3.63) is 24.3 Å².